The minimum Gasteiger partial charge on any atom is -0.383 e. The molecule has 0 saturated heterocycles. The number of rotatable bonds is 5. The quantitative estimate of drug-likeness (QED) is 0.792. The van der Waals surface area contributed by atoms with Crippen molar-refractivity contribution >= 4 is 35.1 Å². The lowest BCUT2D eigenvalue weighted by Crippen LogP contribution is -2.21. The summed E-state index contributed by atoms with van der Waals surface area (Å²) in [5.41, 5.74) is 0. The smallest absolute Gasteiger partial charge is 0.249 e. The zero-order valence-corrected chi connectivity index (χ0v) is 10.6. The molecule has 1 aliphatic rings. The van der Waals surface area contributed by atoms with Crippen LogP contribution in [0, 0.1) is 5.92 Å². The van der Waals surface area contributed by atoms with Crippen molar-refractivity contribution in [3.63, 3.8) is 0 Å². The van der Waals surface area contributed by atoms with E-state index in [2.05, 4.69) is 20.8 Å². The third-order valence-electron chi connectivity index (χ3n) is 2.42. The molecule has 1 saturated carbocycles. The highest BCUT2D eigenvalue weighted by molar-refractivity contribution is 6.52. The molecule has 1 aromatic heterocycles. The van der Waals surface area contributed by atoms with E-state index in [1.807, 2.05) is 0 Å². The molecule has 2 rings (SSSR count). The molecule has 0 spiro atoms. The highest BCUT2D eigenvalue weighted by Crippen LogP contribution is 2.53. The Hall–Kier alpha value is -0.920. The van der Waals surface area contributed by atoms with Crippen molar-refractivity contribution in [1.82, 2.24) is 20.2 Å². The third-order valence-corrected chi connectivity index (χ3v) is 3.25. The molecule has 0 aromatic carbocycles. The van der Waals surface area contributed by atoms with Crippen molar-refractivity contribution in [3.8, 4) is 0 Å². The van der Waals surface area contributed by atoms with Gasteiger partial charge in [0.05, 0.1) is 19.1 Å². The lowest BCUT2D eigenvalue weighted by atomic mass is 10.4. The summed E-state index contributed by atoms with van der Waals surface area (Å²) in [7, 11) is 1.57. The standard InChI is InChI=1S/C8H11Cl2N5O2/c1-17-3-2-15-7(12-13-14-15)11-6(16)5-4-8(5,9)10/h5H,2-4H2,1H3,(H,11,12,14,16). The minimum absolute atomic E-state index is 0.267. The molecule has 1 aromatic rings. The summed E-state index contributed by atoms with van der Waals surface area (Å²) in [5, 5.41) is 13.5. The number of carbonyl (C=O) groups excluding carboxylic acids is 1. The van der Waals surface area contributed by atoms with Gasteiger partial charge in [0.15, 0.2) is 0 Å². The summed E-state index contributed by atoms with van der Waals surface area (Å²) < 4.78 is 5.39. The van der Waals surface area contributed by atoms with Crippen LogP contribution in [-0.2, 0) is 16.1 Å². The van der Waals surface area contributed by atoms with Crippen LogP contribution in [0.2, 0.25) is 0 Å². The first-order valence-electron chi connectivity index (χ1n) is 4.98. The van der Waals surface area contributed by atoms with Crippen molar-refractivity contribution in [2.24, 2.45) is 5.92 Å². The number of ether oxygens (including phenoxy) is 1. The van der Waals surface area contributed by atoms with Gasteiger partial charge in [-0.1, -0.05) is 5.10 Å². The molecule has 1 aliphatic carbocycles. The van der Waals surface area contributed by atoms with Crippen molar-refractivity contribution in [2.45, 2.75) is 17.3 Å². The van der Waals surface area contributed by atoms with Gasteiger partial charge in [-0.25, -0.2) is 4.68 Å². The summed E-state index contributed by atoms with van der Waals surface area (Å²) in [6.07, 6.45) is 0.446. The molecule has 1 unspecified atom stereocenters. The third kappa shape index (κ3) is 2.85. The number of tetrazole rings is 1. The summed E-state index contributed by atoms with van der Waals surface area (Å²) in [6.45, 7) is 0.906. The number of hydrogen-bond acceptors (Lipinski definition) is 5. The molecule has 94 valence electrons. The van der Waals surface area contributed by atoms with Crippen LogP contribution in [0.15, 0.2) is 0 Å². The van der Waals surface area contributed by atoms with Gasteiger partial charge in [0.25, 0.3) is 0 Å². The van der Waals surface area contributed by atoms with E-state index in [4.69, 9.17) is 27.9 Å². The molecular weight excluding hydrogens is 269 g/mol. The topological polar surface area (TPSA) is 81.9 Å². The number of hydrogen-bond donors (Lipinski definition) is 1. The van der Waals surface area contributed by atoms with Gasteiger partial charge in [-0.3, -0.25) is 10.1 Å². The average molecular weight is 280 g/mol. The highest BCUT2D eigenvalue weighted by atomic mass is 35.5. The van der Waals surface area contributed by atoms with Crippen LogP contribution in [0.4, 0.5) is 5.95 Å². The first-order chi connectivity index (χ1) is 8.04. The van der Waals surface area contributed by atoms with Crippen molar-refractivity contribution in [3.05, 3.63) is 0 Å². The van der Waals surface area contributed by atoms with E-state index in [1.54, 1.807) is 7.11 Å². The van der Waals surface area contributed by atoms with Crippen LogP contribution < -0.4 is 5.32 Å². The normalized spacial score (nSPS) is 21.2. The van der Waals surface area contributed by atoms with Gasteiger partial charge in [-0.2, -0.15) is 0 Å². The summed E-state index contributed by atoms with van der Waals surface area (Å²) in [4.78, 5) is 11.7. The molecular formula is C8H11Cl2N5O2. The first-order valence-corrected chi connectivity index (χ1v) is 5.74. The number of carbonyl (C=O) groups is 1. The average Bonchev–Trinajstić information content (AvgIpc) is 2.71. The number of halogens is 2. The molecule has 1 heterocycles. The number of alkyl halides is 2. The van der Waals surface area contributed by atoms with E-state index in [0.717, 1.165) is 0 Å². The Morgan fingerprint density at radius 3 is 3.00 bits per heavy atom. The number of aromatic nitrogens is 4. The van der Waals surface area contributed by atoms with Gasteiger partial charge >= 0.3 is 0 Å². The van der Waals surface area contributed by atoms with Crippen LogP contribution in [-0.4, -0.2) is 44.2 Å². The zero-order valence-electron chi connectivity index (χ0n) is 9.06. The molecule has 1 atom stereocenters. The maximum Gasteiger partial charge on any atom is 0.249 e. The fraction of sp³-hybridized carbons (Fsp3) is 0.750. The van der Waals surface area contributed by atoms with E-state index < -0.39 is 10.3 Å². The van der Waals surface area contributed by atoms with Crippen LogP contribution >= 0.6 is 23.2 Å². The molecule has 7 nitrogen and oxygen atoms in total. The molecule has 0 radical (unpaired) electrons. The molecule has 9 heteroatoms. The molecule has 17 heavy (non-hydrogen) atoms. The maximum atomic E-state index is 11.7. The molecule has 1 amide bonds. The van der Waals surface area contributed by atoms with Crippen molar-refractivity contribution in [1.29, 1.82) is 0 Å². The Morgan fingerprint density at radius 1 is 1.71 bits per heavy atom. The predicted molar refractivity (Wildman–Crippen MR) is 60.9 cm³/mol. The molecule has 0 bridgehead atoms. The monoisotopic (exact) mass is 279 g/mol. The van der Waals surface area contributed by atoms with Gasteiger partial charge in [0, 0.05) is 7.11 Å². The number of methoxy groups -OCH3 is 1. The lowest BCUT2D eigenvalue weighted by Gasteiger charge is -2.05. The van der Waals surface area contributed by atoms with Crippen LogP contribution in [0.3, 0.4) is 0 Å². The molecule has 0 aliphatic heterocycles. The van der Waals surface area contributed by atoms with Crippen molar-refractivity contribution in [2.75, 3.05) is 19.0 Å². The van der Waals surface area contributed by atoms with Crippen LogP contribution in [0.1, 0.15) is 6.42 Å². The van der Waals surface area contributed by atoms with E-state index >= 15 is 0 Å². The lowest BCUT2D eigenvalue weighted by molar-refractivity contribution is -0.117. The van der Waals surface area contributed by atoms with Crippen LogP contribution in [0.5, 0.6) is 0 Å². The number of amides is 1. The van der Waals surface area contributed by atoms with Crippen LogP contribution in [0.25, 0.3) is 0 Å². The van der Waals surface area contributed by atoms with Gasteiger partial charge in [-0.05, 0) is 16.8 Å². The second kappa shape index (κ2) is 4.75. The van der Waals surface area contributed by atoms with Gasteiger partial charge < -0.3 is 4.74 Å². The Labute approximate surface area is 107 Å². The number of nitrogens with zero attached hydrogens (tertiary/aromatic N) is 4. The Morgan fingerprint density at radius 2 is 2.41 bits per heavy atom. The van der Waals surface area contributed by atoms with E-state index in [1.165, 1.54) is 4.68 Å². The van der Waals surface area contributed by atoms with E-state index in [9.17, 15) is 4.79 Å². The highest BCUT2D eigenvalue weighted by Gasteiger charge is 2.56. The van der Waals surface area contributed by atoms with Gasteiger partial charge in [0.1, 0.15) is 4.33 Å². The molecule has 1 fully saturated rings. The SMILES string of the molecule is COCCn1nnnc1NC(=O)C1CC1(Cl)Cl. The summed E-state index contributed by atoms with van der Waals surface area (Å²) in [5.74, 6) is -0.412. The minimum atomic E-state index is -0.950. The Balaban J connectivity index is 1.94. The number of nitrogens with one attached hydrogen (secondary N) is 1. The number of anilines is 1. The Bertz CT molecular complexity index is 422. The second-order valence-corrected chi connectivity index (χ2v) is 5.27. The Kier molecular flexibility index (Phi) is 3.50. The van der Waals surface area contributed by atoms with E-state index in [-0.39, 0.29) is 11.9 Å². The van der Waals surface area contributed by atoms with Gasteiger partial charge in [0.2, 0.25) is 11.9 Å². The predicted octanol–water partition coefficient (Wildman–Crippen LogP) is 0.452. The first kappa shape index (κ1) is 12.5. The van der Waals surface area contributed by atoms with E-state index in [0.29, 0.717) is 19.6 Å². The molecule has 1 N–H and O–H groups in total. The summed E-state index contributed by atoms with van der Waals surface area (Å²) >= 11 is 11.6. The largest absolute Gasteiger partial charge is 0.383 e. The summed E-state index contributed by atoms with van der Waals surface area (Å²) in [6, 6.07) is 0. The fourth-order valence-electron chi connectivity index (χ4n) is 1.32. The van der Waals surface area contributed by atoms with Gasteiger partial charge in [-0.15, -0.1) is 23.2 Å². The van der Waals surface area contributed by atoms with Crippen molar-refractivity contribution < 1.29 is 9.53 Å². The maximum absolute atomic E-state index is 11.7. The zero-order chi connectivity index (χ0) is 12.5. The second-order valence-electron chi connectivity index (χ2n) is 3.73. The fourth-order valence-corrected chi connectivity index (χ4v) is 1.82.